The first-order valence-corrected chi connectivity index (χ1v) is 9.53. The van der Waals surface area contributed by atoms with Crippen LogP contribution < -0.4 is 9.47 Å². The molecule has 0 radical (unpaired) electrons. The van der Waals surface area contributed by atoms with Gasteiger partial charge in [0.2, 0.25) is 0 Å². The lowest BCUT2D eigenvalue weighted by Gasteiger charge is -2.26. The predicted octanol–water partition coefficient (Wildman–Crippen LogP) is 4.41. The lowest BCUT2D eigenvalue weighted by molar-refractivity contribution is 0.0821. The second-order valence-corrected chi connectivity index (χ2v) is 6.93. The van der Waals surface area contributed by atoms with Gasteiger partial charge in [-0.05, 0) is 23.8 Å². The van der Waals surface area contributed by atoms with Crippen molar-refractivity contribution in [3.8, 4) is 11.5 Å². The molecule has 5 nitrogen and oxygen atoms in total. The fourth-order valence-corrected chi connectivity index (χ4v) is 3.79. The number of halogens is 1. The van der Waals surface area contributed by atoms with Crippen LogP contribution in [0.5, 0.6) is 11.5 Å². The maximum Gasteiger partial charge on any atom is 0.192 e. The molecule has 0 amide bonds. The van der Waals surface area contributed by atoms with Crippen molar-refractivity contribution in [2.75, 3.05) is 6.61 Å². The maximum absolute atomic E-state index is 13.9. The number of aromatic nitrogens is 3. The van der Waals surface area contributed by atoms with E-state index >= 15 is 0 Å². The van der Waals surface area contributed by atoms with Gasteiger partial charge < -0.3 is 9.47 Å². The maximum atomic E-state index is 13.9. The number of hydrogen-bond acceptors (Lipinski definition) is 5. The van der Waals surface area contributed by atoms with Crippen molar-refractivity contribution in [2.45, 2.75) is 23.6 Å². The average molecular weight is 383 g/mol. The minimum absolute atomic E-state index is 0.222. The summed E-state index contributed by atoms with van der Waals surface area (Å²) < 4.78 is 27.6. The SMILES string of the molecule is C=CCn1c(SCc2ccccc2F)nnc1C1COc2ccccc2O1. The summed E-state index contributed by atoms with van der Waals surface area (Å²) in [5.74, 6) is 2.31. The van der Waals surface area contributed by atoms with Crippen LogP contribution in [0.1, 0.15) is 17.5 Å². The number of ether oxygens (including phenoxy) is 2. The third-order valence-electron chi connectivity index (χ3n) is 4.17. The van der Waals surface area contributed by atoms with Gasteiger partial charge in [0.05, 0.1) is 0 Å². The average Bonchev–Trinajstić information content (AvgIpc) is 3.10. The molecule has 3 aromatic rings. The van der Waals surface area contributed by atoms with Crippen LogP contribution in [-0.4, -0.2) is 21.4 Å². The first-order chi connectivity index (χ1) is 13.3. The van der Waals surface area contributed by atoms with Gasteiger partial charge in [-0.15, -0.1) is 16.8 Å². The highest BCUT2D eigenvalue weighted by Gasteiger charge is 2.28. The minimum atomic E-state index is -0.366. The normalized spacial score (nSPS) is 15.5. The first kappa shape index (κ1) is 17.6. The van der Waals surface area contributed by atoms with Crippen molar-refractivity contribution in [1.29, 1.82) is 0 Å². The molecule has 0 fully saturated rings. The number of benzene rings is 2. The number of nitrogens with zero attached hydrogens (tertiary/aromatic N) is 3. The van der Waals surface area contributed by atoms with Gasteiger partial charge in [0, 0.05) is 12.3 Å². The van der Waals surface area contributed by atoms with Crippen LogP contribution in [0.2, 0.25) is 0 Å². The topological polar surface area (TPSA) is 49.2 Å². The summed E-state index contributed by atoms with van der Waals surface area (Å²) in [7, 11) is 0. The van der Waals surface area contributed by atoms with E-state index in [0.29, 0.717) is 41.2 Å². The summed E-state index contributed by atoms with van der Waals surface area (Å²) in [6.07, 6.45) is 1.41. The van der Waals surface area contributed by atoms with E-state index in [-0.39, 0.29) is 11.9 Å². The van der Waals surface area contributed by atoms with Crippen LogP contribution in [0.4, 0.5) is 4.39 Å². The molecule has 1 aromatic heterocycles. The smallest absolute Gasteiger partial charge is 0.192 e. The van der Waals surface area contributed by atoms with E-state index in [1.54, 1.807) is 18.2 Å². The Morgan fingerprint density at radius 3 is 2.74 bits per heavy atom. The molecule has 27 heavy (non-hydrogen) atoms. The van der Waals surface area contributed by atoms with Crippen LogP contribution >= 0.6 is 11.8 Å². The van der Waals surface area contributed by atoms with E-state index in [1.807, 2.05) is 34.9 Å². The van der Waals surface area contributed by atoms with Crippen LogP contribution in [0.25, 0.3) is 0 Å². The van der Waals surface area contributed by atoms with E-state index in [0.717, 1.165) is 5.75 Å². The van der Waals surface area contributed by atoms with Crippen molar-refractivity contribution in [3.63, 3.8) is 0 Å². The lowest BCUT2D eigenvalue weighted by Crippen LogP contribution is -2.25. The molecule has 1 atom stereocenters. The molecule has 0 saturated carbocycles. The first-order valence-electron chi connectivity index (χ1n) is 8.55. The second-order valence-electron chi connectivity index (χ2n) is 5.98. The Morgan fingerprint density at radius 2 is 1.93 bits per heavy atom. The molecule has 1 aliphatic heterocycles. The Morgan fingerprint density at radius 1 is 1.15 bits per heavy atom. The minimum Gasteiger partial charge on any atom is -0.485 e. The van der Waals surface area contributed by atoms with Gasteiger partial charge in [0.1, 0.15) is 12.4 Å². The van der Waals surface area contributed by atoms with E-state index in [2.05, 4.69) is 16.8 Å². The molecule has 0 saturated heterocycles. The predicted molar refractivity (Wildman–Crippen MR) is 101 cm³/mol. The highest BCUT2D eigenvalue weighted by molar-refractivity contribution is 7.98. The molecule has 2 heterocycles. The van der Waals surface area contributed by atoms with Gasteiger partial charge in [0.15, 0.2) is 28.6 Å². The van der Waals surface area contributed by atoms with Crippen molar-refractivity contribution < 1.29 is 13.9 Å². The summed E-state index contributed by atoms with van der Waals surface area (Å²) in [5.41, 5.74) is 0.628. The van der Waals surface area contributed by atoms with Gasteiger partial charge in [-0.3, -0.25) is 4.57 Å². The molecule has 4 rings (SSSR count). The largest absolute Gasteiger partial charge is 0.485 e. The van der Waals surface area contributed by atoms with Gasteiger partial charge >= 0.3 is 0 Å². The molecule has 0 spiro atoms. The number of hydrogen-bond donors (Lipinski definition) is 0. The van der Waals surface area contributed by atoms with E-state index < -0.39 is 0 Å². The molecule has 2 aromatic carbocycles. The van der Waals surface area contributed by atoms with Crippen molar-refractivity contribution in [1.82, 2.24) is 14.8 Å². The Balaban J connectivity index is 1.56. The van der Waals surface area contributed by atoms with Crippen LogP contribution in [0.15, 0.2) is 66.3 Å². The molecular formula is C20H18FN3O2S. The number of para-hydroxylation sites is 2. The molecule has 0 N–H and O–H groups in total. The summed E-state index contributed by atoms with van der Waals surface area (Å²) >= 11 is 1.43. The van der Waals surface area contributed by atoms with Crippen molar-refractivity contribution in [2.24, 2.45) is 0 Å². The van der Waals surface area contributed by atoms with Gasteiger partial charge in [-0.1, -0.05) is 48.2 Å². The zero-order valence-electron chi connectivity index (χ0n) is 14.5. The Hall–Kier alpha value is -2.80. The third-order valence-corrected chi connectivity index (χ3v) is 5.18. The van der Waals surface area contributed by atoms with Gasteiger partial charge in [-0.25, -0.2) is 4.39 Å². The zero-order valence-corrected chi connectivity index (χ0v) is 15.4. The number of allylic oxidation sites excluding steroid dienone is 1. The monoisotopic (exact) mass is 383 g/mol. The molecule has 0 bridgehead atoms. The van der Waals surface area contributed by atoms with Crippen molar-refractivity contribution >= 4 is 11.8 Å². The quantitative estimate of drug-likeness (QED) is 0.466. The molecule has 1 unspecified atom stereocenters. The van der Waals surface area contributed by atoms with E-state index in [1.165, 1.54) is 17.8 Å². The zero-order chi connectivity index (χ0) is 18.6. The van der Waals surface area contributed by atoms with Gasteiger partial charge in [0.25, 0.3) is 0 Å². The molecular weight excluding hydrogens is 365 g/mol. The molecule has 7 heteroatoms. The number of rotatable bonds is 6. The van der Waals surface area contributed by atoms with Crippen molar-refractivity contribution in [3.05, 3.63) is 78.4 Å². The van der Waals surface area contributed by atoms with Gasteiger partial charge in [-0.2, -0.15) is 0 Å². The second kappa shape index (κ2) is 7.84. The summed E-state index contributed by atoms with van der Waals surface area (Å²) in [6, 6.07) is 14.3. The molecule has 138 valence electrons. The van der Waals surface area contributed by atoms with Crippen LogP contribution in [0, 0.1) is 5.82 Å². The van der Waals surface area contributed by atoms with Crippen LogP contribution in [-0.2, 0) is 12.3 Å². The lowest BCUT2D eigenvalue weighted by atomic mass is 10.2. The van der Waals surface area contributed by atoms with E-state index in [4.69, 9.17) is 9.47 Å². The number of thioether (sulfide) groups is 1. The van der Waals surface area contributed by atoms with Crippen LogP contribution in [0.3, 0.4) is 0 Å². The third kappa shape index (κ3) is 3.68. The summed E-state index contributed by atoms with van der Waals surface area (Å²) in [5, 5.41) is 9.28. The van der Waals surface area contributed by atoms with E-state index in [9.17, 15) is 4.39 Å². The molecule has 0 aliphatic carbocycles. The highest BCUT2D eigenvalue weighted by atomic mass is 32.2. The molecule has 1 aliphatic rings. The highest BCUT2D eigenvalue weighted by Crippen LogP contribution is 2.36. The Bertz CT molecular complexity index is 960. The Kier molecular flexibility index (Phi) is 5.11. The summed E-state index contributed by atoms with van der Waals surface area (Å²) in [6.45, 7) is 4.70. The Labute approximate surface area is 160 Å². The summed E-state index contributed by atoms with van der Waals surface area (Å²) in [4.78, 5) is 0. The fourth-order valence-electron chi connectivity index (χ4n) is 2.85. The number of fused-ring (bicyclic) bond motifs is 1. The standard InChI is InChI=1S/C20H18FN3O2S/c1-2-11-24-19(18-12-25-16-9-5-6-10-17(16)26-18)22-23-20(24)27-13-14-7-3-4-8-15(14)21/h2-10,18H,1,11-13H2. The fraction of sp³-hybridized carbons (Fsp3) is 0.200.